The molecular weight excluding hydrogens is 374 g/mol. The normalized spacial score (nSPS) is 10.9. The third-order valence-electron chi connectivity index (χ3n) is 3.51. The third-order valence-corrected chi connectivity index (χ3v) is 4.91. The van der Waals surface area contributed by atoms with Crippen LogP contribution in [0.15, 0.2) is 47.4 Å². The van der Waals surface area contributed by atoms with E-state index in [1.807, 2.05) is 6.92 Å². The highest BCUT2D eigenvalue weighted by atomic mass is 32.2. The van der Waals surface area contributed by atoms with Gasteiger partial charge in [-0.25, -0.2) is 18.0 Å². The van der Waals surface area contributed by atoms with Gasteiger partial charge in [0.2, 0.25) is 0 Å². The summed E-state index contributed by atoms with van der Waals surface area (Å²) >= 11 is 0. The predicted molar refractivity (Wildman–Crippen MR) is 97.8 cm³/mol. The molecule has 0 aliphatic heterocycles. The summed E-state index contributed by atoms with van der Waals surface area (Å²) in [4.78, 5) is 22.6. The number of hydrogen-bond donors (Lipinski definition) is 2. The van der Waals surface area contributed by atoms with Crippen molar-refractivity contribution in [2.24, 2.45) is 0 Å². The summed E-state index contributed by atoms with van der Waals surface area (Å²) in [6, 6.07) is 9.21. The molecule has 0 saturated heterocycles. The zero-order valence-corrected chi connectivity index (χ0v) is 15.6. The lowest BCUT2D eigenvalue weighted by atomic mass is 10.2. The molecule has 8 nitrogen and oxygen atoms in total. The number of carbonyl (C=O) groups excluding carboxylic acids is 1. The van der Waals surface area contributed by atoms with Crippen molar-refractivity contribution >= 4 is 27.6 Å². The van der Waals surface area contributed by atoms with E-state index in [1.54, 1.807) is 0 Å². The Bertz CT molecular complexity index is 937. The highest BCUT2D eigenvalue weighted by molar-refractivity contribution is 7.92. The smallest absolute Gasteiger partial charge is 0.338 e. The van der Waals surface area contributed by atoms with Crippen molar-refractivity contribution in [2.45, 2.75) is 18.2 Å². The van der Waals surface area contributed by atoms with Crippen LogP contribution in [0.3, 0.4) is 0 Å². The zero-order valence-electron chi connectivity index (χ0n) is 14.8. The first-order valence-corrected chi connectivity index (χ1v) is 9.48. The van der Waals surface area contributed by atoms with Gasteiger partial charge in [-0.3, -0.25) is 4.72 Å². The van der Waals surface area contributed by atoms with Gasteiger partial charge in [-0.05, 0) is 48.9 Å². The molecule has 2 aromatic carbocycles. The Kier molecular flexibility index (Phi) is 6.40. The van der Waals surface area contributed by atoms with Crippen LogP contribution in [0.4, 0.5) is 5.69 Å². The van der Waals surface area contributed by atoms with Crippen molar-refractivity contribution in [1.82, 2.24) is 0 Å². The molecule has 0 fully saturated rings. The molecule has 0 radical (unpaired) electrons. The van der Waals surface area contributed by atoms with Crippen LogP contribution in [-0.2, 0) is 14.8 Å². The van der Waals surface area contributed by atoms with E-state index in [0.717, 1.165) is 6.07 Å². The average Bonchev–Trinajstić information content (AvgIpc) is 2.65. The van der Waals surface area contributed by atoms with Gasteiger partial charge >= 0.3 is 11.9 Å². The number of ether oxygens (including phenoxy) is 2. The lowest BCUT2D eigenvalue weighted by Gasteiger charge is -2.12. The monoisotopic (exact) mass is 393 g/mol. The van der Waals surface area contributed by atoms with E-state index in [9.17, 15) is 18.0 Å². The number of esters is 1. The fourth-order valence-electron chi connectivity index (χ4n) is 2.18. The highest BCUT2D eigenvalue weighted by Crippen LogP contribution is 2.27. The van der Waals surface area contributed by atoms with Gasteiger partial charge in [-0.15, -0.1) is 0 Å². The Morgan fingerprint density at radius 1 is 1.07 bits per heavy atom. The molecule has 27 heavy (non-hydrogen) atoms. The Balaban J connectivity index is 2.27. The molecule has 0 aromatic heterocycles. The second kappa shape index (κ2) is 8.54. The van der Waals surface area contributed by atoms with Gasteiger partial charge < -0.3 is 14.6 Å². The molecule has 0 aliphatic rings. The Morgan fingerprint density at radius 3 is 2.26 bits per heavy atom. The number of benzene rings is 2. The largest absolute Gasteiger partial charge is 0.495 e. The van der Waals surface area contributed by atoms with Crippen LogP contribution in [-0.4, -0.2) is 39.2 Å². The molecule has 2 rings (SSSR count). The minimum absolute atomic E-state index is 0.00673. The summed E-state index contributed by atoms with van der Waals surface area (Å²) in [5.74, 6) is -1.75. The van der Waals surface area contributed by atoms with Crippen LogP contribution in [0.5, 0.6) is 5.75 Å². The number of rotatable bonds is 8. The van der Waals surface area contributed by atoms with E-state index in [1.165, 1.54) is 43.5 Å². The molecule has 0 spiro atoms. The van der Waals surface area contributed by atoms with Crippen molar-refractivity contribution in [3.05, 3.63) is 53.6 Å². The van der Waals surface area contributed by atoms with E-state index < -0.39 is 22.0 Å². The average molecular weight is 393 g/mol. The molecule has 144 valence electrons. The minimum atomic E-state index is -4.11. The molecule has 2 aromatic rings. The topological polar surface area (TPSA) is 119 Å². The number of carboxylic acid groups (broad SMARTS) is 1. The molecule has 0 bridgehead atoms. The lowest BCUT2D eigenvalue weighted by Crippen LogP contribution is -2.15. The number of carboxylic acids is 1. The zero-order chi connectivity index (χ0) is 20.0. The molecule has 0 unspecified atom stereocenters. The SMILES string of the molecule is CCCOC(=O)c1ccc(NS(=O)(=O)c2cc(C(=O)O)ccc2OC)cc1. The first-order valence-electron chi connectivity index (χ1n) is 8.00. The van der Waals surface area contributed by atoms with Crippen LogP contribution in [0, 0.1) is 0 Å². The van der Waals surface area contributed by atoms with Gasteiger partial charge in [0.05, 0.1) is 24.8 Å². The van der Waals surface area contributed by atoms with Gasteiger partial charge in [0.15, 0.2) is 0 Å². The number of sulfonamides is 1. The predicted octanol–water partition coefficient (Wildman–Crippen LogP) is 2.76. The van der Waals surface area contributed by atoms with Crippen molar-refractivity contribution < 1.29 is 32.6 Å². The summed E-state index contributed by atoms with van der Waals surface area (Å²) in [6.45, 7) is 2.17. The molecule has 0 aliphatic carbocycles. The van der Waals surface area contributed by atoms with Crippen molar-refractivity contribution in [2.75, 3.05) is 18.4 Å². The summed E-state index contributed by atoms with van der Waals surface area (Å²) in [5, 5.41) is 9.07. The maximum Gasteiger partial charge on any atom is 0.338 e. The maximum atomic E-state index is 12.6. The second-order valence-electron chi connectivity index (χ2n) is 5.49. The van der Waals surface area contributed by atoms with Gasteiger partial charge in [-0.1, -0.05) is 6.92 Å². The van der Waals surface area contributed by atoms with E-state index in [2.05, 4.69) is 4.72 Å². The molecule has 0 atom stereocenters. The number of aromatic carboxylic acids is 1. The van der Waals surface area contributed by atoms with Crippen LogP contribution in [0.25, 0.3) is 0 Å². The van der Waals surface area contributed by atoms with Gasteiger partial charge in [-0.2, -0.15) is 0 Å². The van der Waals surface area contributed by atoms with E-state index >= 15 is 0 Å². The minimum Gasteiger partial charge on any atom is -0.495 e. The van der Waals surface area contributed by atoms with E-state index in [0.29, 0.717) is 13.0 Å². The van der Waals surface area contributed by atoms with Crippen LogP contribution < -0.4 is 9.46 Å². The van der Waals surface area contributed by atoms with Crippen LogP contribution in [0.1, 0.15) is 34.1 Å². The quantitative estimate of drug-likeness (QED) is 0.662. The first kappa shape index (κ1) is 20.2. The van der Waals surface area contributed by atoms with E-state index in [4.69, 9.17) is 14.6 Å². The summed E-state index contributed by atoms with van der Waals surface area (Å²) in [7, 11) is -2.83. The van der Waals surface area contributed by atoms with Crippen LogP contribution >= 0.6 is 0 Å². The number of anilines is 1. The summed E-state index contributed by atoms with van der Waals surface area (Å²) in [5.41, 5.74) is 0.298. The number of nitrogens with one attached hydrogen (secondary N) is 1. The highest BCUT2D eigenvalue weighted by Gasteiger charge is 2.22. The molecule has 0 amide bonds. The number of methoxy groups -OCH3 is 1. The van der Waals surface area contributed by atoms with Gasteiger partial charge in [0, 0.05) is 5.69 Å². The summed E-state index contributed by atoms with van der Waals surface area (Å²) < 4.78 is 37.6. The number of hydrogen-bond acceptors (Lipinski definition) is 6. The van der Waals surface area contributed by atoms with Crippen molar-refractivity contribution in [1.29, 1.82) is 0 Å². The first-order chi connectivity index (χ1) is 12.8. The molecule has 0 heterocycles. The van der Waals surface area contributed by atoms with Gasteiger partial charge in [0.25, 0.3) is 10.0 Å². The number of carbonyl (C=O) groups is 2. The Labute approximate surface area is 156 Å². The maximum absolute atomic E-state index is 12.6. The van der Waals surface area contributed by atoms with Crippen molar-refractivity contribution in [3.63, 3.8) is 0 Å². The third kappa shape index (κ3) is 4.98. The van der Waals surface area contributed by atoms with Crippen molar-refractivity contribution in [3.8, 4) is 5.75 Å². The lowest BCUT2D eigenvalue weighted by molar-refractivity contribution is 0.0504. The summed E-state index contributed by atoms with van der Waals surface area (Å²) in [6.07, 6.45) is 0.695. The molecular formula is C18H19NO7S. The van der Waals surface area contributed by atoms with Gasteiger partial charge in [0.1, 0.15) is 10.6 Å². The Morgan fingerprint density at radius 2 is 1.70 bits per heavy atom. The molecule has 0 saturated carbocycles. The van der Waals surface area contributed by atoms with E-state index in [-0.39, 0.29) is 27.5 Å². The Hall–Kier alpha value is -3.07. The van der Waals surface area contributed by atoms with Crippen LogP contribution in [0.2, 0.25) is 0 Å². The molecule has 2 N–H and O–H groups in total. The second-order valence-corrected chi connectivity index (χ2v) is 7.14. The fourth-order valence-corrected chi connectivity index (χ4v) is 3.44. The standard InChI is InChI=1S/C18H19NO7S/c1-3-10-26-18(22)12-4-7-14(8-5-12)19-27(23,24)16-11-13(17(20)21)6-9-15(16)25-2/h4-9,11,19H,3,10H2,1-2H3,(H,20,21). The molecule has 9 heteroatoms. The fraction of sp³-hybridized carbons (Fsp3) is 0.222.